The highest BCUT2D eigenvalue weighted by molar-refractivity contribution is 6.04. The van der Waals surface area contributed by atoms with Crippen LogP contribution in [0.2, 0.25) is 0 Å². The zero-order valence-corrected chi connectivity index (χ0v) is 13.2. The summed E-state index contributed by atoms with van der Waals surface area (Å²) >= 11 is 0. The van der Waals surface area contributed by atoms with Crippen molar-refractivity contribution in [2.75, 3.05) is 5.43 Å². The number of rotatable bonds is 3. The smallest absolute Gasteiger partial charge is 0.129 e. The zero-order chi connectivity index (χ0) is 16.2. The summed E-state index contributed by atoms with van der Waals surface area (Å²) in [6, 6.07) is 28.4. The fraction of sp³-hybridized carbons (Fsp3) is 0.0952. The molecular weight excluding hydrogens is 296 g/mol. The SMILES string of the molecule is c1ccc(N/N=C2\CC(c3ccccc3)Oc3ccccc32)cc1. The lowest BCUT2D eigenvalue weighted by Crippen LogP contribution is -2.21. The van der Waals surface area contributed by atoms with Gasteiger partial charge in [-0.25, -0.2) is 0 Å². The highest BCUT2D eigenvalue weighted by Gasteiger charge is 2.25. The Labute approximate surface area is 141 Å². The highest BCUT2D eigenvalue weighted by atomic mass is 16.5. The van der Waals surface area contributed by atoms with Crippen LogP contribution in [0.1, 0.15) is 23.7 Å². The Hall–Kier alpha value is -3.07. The van der Waals surface area contributed by atoms with Gasteiger partial charge >= 0.3 is 0 Å². The molecular formula is C21H18N2O. The van der Waals surface area contributed by atoms with Crippen LogP contribution >= 0.6 is 0 Å². The number of fused-ring (bicyclic) bond motifs is 1. The van der Waals surface area contributed by atoms with Gasteiger partial charge in [0.2, 0.25) is 0 Å². The van der Waals surface area contributed by atoms with Gasteiger partial charge < -0.3 is 4.74 Å². The molecule has 1 heterocycles. The monoisotopic (exact) mass is 314 g/mol. The first-order chi connectivity index (χ1) is 11.9. The van der Waals surface area contributed by atoms with Crippen LogP contribution in [0.25, 0.3) is 0 Å². The topological polar surface area (TPSA) is 33.6 Å². The van der Waals surface area contributed by atoms with E-state index < -0.39 is 0 Å². The summed E-state index contributed by atoms with van der Waals surface area (Å²) in [5.74, 6) is 0.881. The summed E-state index contributed by atoms with van der Waals surface area (Å²) in [5.41, 5.74) is 7.36. The molecule has 0 spiro atoms. The Kier molecular flexibility index (Phi) is 3.98. The molecule has 1 unspecified atom stereocenters. The summed E-state index contributed by atoms with van der Waals surface area (Å²) in [6.07, 6.45) is 0.721. The third kappa shape index (κ3) is 3.01. The second-order valence-electron chi connectivity index (χ2n) is 5.75. The van der Waals surface area contributed by atoms with Crippen LogP contribution in [-0.2, 0) is 0 Å². The molecule has 1 aliphatic heterocycles. The molecule has 0 saturated carbocycles. The minimum absolute atomic E-state index is 0.0163. The second-order valence-corrected chi connectivity index (χ2v) is 5.75. The van der Waals surface area contributed by atoms with Gasteiger partial charge in [0.25, 0.3) is 0 Å². The highest BCUT2D eigenvalue weighted by Crippen LogP contribution is 2.35. The molecule has 3 heteroatoms. The fourth-order valence-corrected chi connectivity index (χ4v) is 2.89. The number of para-hydroxylation sites is 2. The Bertz CT molecular complexity index is 844. The number of benzene rings is 3. The molecule has 0 amide bonds. The lowest BCUT2D eigenvalue weighted by Gasteiger charge is -2.27. The molecule has 118 valence electrons. The van der Waals surface area contributed by atoms with Crippen LogP contribution in [0.4, 0.5) is 5.69 Å². The van der Waals surface area contributed by atoms with E-state index >= 15 is 0 Å². The molecule has 1 aliphatic rings. The number of hydrogen-bond donors (Lipinski definition) is 1. The Morgan fingerprint density at radius 1 is 0.792 bits per heavy atom. The summed E-state index contributed by atoms with van der Waals surface area (Å²) < 4.78 is 6.19. The van der Waals surface area contributed by atoms with Crippen LogP contribution in [0.3, 0.4) is 0 Å². The van der Waals surface area contributed by atoms with Gasteiger partial charge in [-0.05, 0) is 29.8 Å². The van der Waals surface area contributed by atoms with Crippen molar-refractivity contribution in [1.29, 1.82) is 0 Å². The third-order valence-corrected chi connectivity index (χ3v) is 4.11. The van der Waals surface area contributed by atoms with E-state index in [0.29, 0.717) is 0 Å². The first-order valence-electron chi connectivity index (χ1n) is 8.09. The number of anilines is 1. The van der Waals surface area contributed by atoms with Crippen LogP contribution in [-0.4, -0.2) is 5.71 Å². The lowest BCUT2D eigenvalue weighted by molar-refractivity contribution is 0.206. The van der Waals surface area contributed by atoms with E-state index in [1.807, 2.05) is 66.7 Å². The van der Waals surface area contributed by atoms with Gasteiger partial charge in [0, 0.05) is 12.0 Å². The van der Waals surface area contributed by atoms with Crippen molar-refractivity contribution < 1.29 is 4.74 Å². The van der Waals surface area contributed by atoms with E-state index in [-0.39, 0.29) is 6.10 Å². The van der Waals surface area contributed by atoms with Crippen molar-refractivity contribution in [3.05, 3.63) is 96.1 Å². The van der Waals surface area contributed by atoms with Gasteiger partial charge in [-0.15, -0.1) is 0 Å². The minimum Gasteiger partial charge on any atom is -0.485 e. The van der Waals surface area contributed by atoms with Crippen molar-refractivity contribution in [2.24, 2.45) is 5.10 Å². The van der Waals surface area contributed by atoms with Crippen LogP contribution in [0.5, 0.6) is 5.75 Å². The van der Waals surface area contributed by atoms with Crippen molar-refractivity contribution in [2.45, 2.75) is 12.5 Å². The number of hydrazone groups is 1. The van der Waals surface area contributed by atoms with E-state index in [2.05, 4.69) is 28.7 Å². The van der Waals surface area contributed by atoms with Gasteiger partial charge in [-0.2, -0.15) is 5.10 Å². The molecule has 3 aromatic carbocycles. The van der Waals surface area contributed by atoms with E-state index in [1.54, 1.807) is 0 Å². The number of hydrogen-bond acceptors (Lipinski definition) is 3. The standard InChI is InChI=1S/C21H18N2O/c1-3-9-16(10-4-1)21-15-19(18-13-7-8-14-20(18)24-21)23-22-17-11-5-2-6-12-17/h1-14,21-22H,15H2/b23-19+. The maximum atomic E-state index is 6.19. The van der Waals surface area contributed by atoms with E-state index in [9.17, 15) is 0 Å². The number of nitrogens with one attached hydrogen (secondary N) is 1. The lowest BCUT2D eigenvalue weighted by atomic mass is 9.96. The molecule has 0 aliphatic carbocycles. The second kappa shape index (κ2) is 6.59. The third-order valence-electron chi connectivity index (χ3n) is 4.11. The Balaban J connectivity index is 1.67. The summed E-state index contributed by atoms with van der Waals surface area (Å²) in [4.78, 5) is 0. The van der Waals surface area contributed by atoms with E-state index in [0.717, 1.165) is 29.1 Å². The molecule has 4 rings (SSSR count). The average molecular weight is 314 g/mol. The number of nitrogens with zero attached hydrogens (tertiary/aromatic N) is 1. The zero-order valence-electron chi connectivity index (χ0n) is 13.2. The molecule has 3 nitrogen and oxygen atoms in total. The van der Waals surface area contributed by atoms with E-state index in [4.69, 9.17) is 4.74 Å². The largest absolute Gasteiger partial charge is 0.485 e. The average Bonchev–Trinajstić information content (AvgIpc) is 2.67. The van der Waals surface area contributed by atoms with Crippen LogP contribution in [0.15, 0.2) is 90.0 Å². The molecule has 24 heavy (non-hydrogen) atoms. The van der Waals surface area contributed by atoms with Crippen molar-refractivity contribution >= 4 is 11.4 Å². The number of ether oxygens (including phenoxy) is 1. The van der Waals surface area contributed by atoms with Gasteiger partial charge in [0.05, 0.1) is 11.4 Å². The maximum absolute atomic E-state index is 6.19. The molecule has 1 N–H and O–H groups in total. The molecule has 0 radical (unpaired) electrons. The fourth-order valence-electron chi connectivity index (χ4n) is 2.89. The predicted octanol–water partition coefficient (Wildman–Crippen LogP) is 5.03. The molecule has 0 saturated heterocycles. The predicted molar refractivity (Wildman–Crippen MR) is 97.5 cm³/mol. The molecule has 3 aromatic rings. The van der Waals surface area contributed by atoms with Crippen LogP contribution in [0, 0.1) is 0 Å². The Morgan fingerprint density at radius 2 is 1.46 bits per heavy atom. The van der Waals surface area contributed by atoms with Crippen LogP contribution < -0.4 is 10.2 Å². The minimum atomic E-state index is -0.0163. The Morgan fingerprint density at radius 3 is 2.25 bits per heavy atom. The summed E-state index contributed by atoms with van der Waals surface area (Å²) in [6.45, 7) is 0. The molecule has 0 aromatic heterocycles. The van der Waals surface area contributed by atoms with Crippen molar-refractivity contribution in [1.82, 2.24) is 0 Å². The molecule has 1 atom stereocenters. The van der Waals surface area contributed by atoms with Crippen molar-refractivity contribution in [3.63, 3.8) is 0 Å². The quantitative estimate of drug-likeness (QED) is 0.688. The van der Waals surface area contributed by atoms with E-state index in [1.165, 1.54) is 5.56 Å². The van der Waals surface area contributed by atoms with Gasteiger partial charge in [-0.1, -0.05) is 60.7 Å². The maximum Gasteiger partial charge on any atom is 0.129 e. The van der Waals surface area contributed by atoms with Crippen molar-refractivity contribution in [3.8, 4) is 5.75 Å². The van der Waals surface area contributed by atoms with Gasteiger partial charge in [-0.3, -0.25) is 5.43 Å². The molecule has 0 fully saturated rings. The normalized spacial score (nSPS) is 17.8. The molecule has 0 bridgehead atoms. The summed E-state index contributed by atoms with van der Waals surface area (Å²) in [5, 5.41) is 4.66. The first-order valence-corrected chi connectivity index (χ1v) is 8.09. The summed E-state index contributed by atoms with van der Waals surface area (Å²) in [7, 11) is 0. The van der Waals surface area contributed by atoms with Gasteiger partial charge in [0.15, 0.2) is 0 Å². The van der Waals surface area contributed by atoms with Gasteiger partial charge in [0.1, 0.15) is 11.9 Å². The first kappa shape index (κ1) is 14.5.